The van der Waals surface area contributed by atoms with Crippen molar-refractivity contribution in [2.24, 2.45) is 0 Å². The van der Waals surface area contributed by atoms with Crippen molar-refractivity contribution in [1.29, 1.82) is 0 Å². The fraction of sp³-hybridized carbons (Fsp3) is 0.950. The molecular formula is C60H121N2O6P. The normalized spacial score (nSPS) is 13.9. The summed E-state index contributed by atoms with van der Waals surface area (Å²) in [7, 11) is 1.28. The Morgan fingerprint density at radius 1 is 0.493 bits per heavy atom. The van der Waals surface area contributed by atoms with E-state index in [0.29, 0.717) is 17.4 Å². The fourth-order valence-corrected chi connectivity index (χ4v) is 10.2. The van der Waals surface area contributed by atoms with Crippen LogP contribution < -0.4 is 10.2 Å². The quantitative estimate of drug-likeness (QED) is 0.0272. The van der Waals surface area contributed by atoms with Gasteiger partial charge in [0, 0.05) is 6.42 Å². The van der Waals surface area contributed by atoms with Crippen LogP contribution in [0, 0.1) is 0 Å². The van der Waals surface area contributed by atoms with Crippen LogP contribution >= 0.6 is 7.82 Å². The number of carbonyl (C=O) groups is 1. The number of phosphoric ester groups is 1. The number of hydrogen-bond acceptors (Lipinski definition) is 6. The average Bonchev–Trinajstić information content (AvgIpc) is 3.31. The lowest BCUT2D eigenvalue weighted by Gasteiger charge is -2.29. The zero-order valence-corrected chi connectivity index (χ0v) is 47.9. The largest absolute Gasteiger partial charge is 0.756 e. The van der Waals surface area contributed by atoms with Gasteiger partial charge in [-0.1, -0.05) is 302 Å². The molecule has 0 heterocycles. The van der Waals surface area contributed by atoms with E-state index in [1.807, 2.05) is 27.2 Å². The first kappa shape index (κ1) is 68.2. The zero-order chi connectivity index (χ0) is 50.6. The molecule has 2 N–H and O–H groups in total. The molecule has 0 bridgehead atoms. The molecule has 0 rings (SSSR count). The Hall–Kier alpha value is -0.760. The molecule has 0 saturated carbocycles. The van der Waals surface area contributed by atoms with Crippen LogP contribution in [-0.4, -0.2) is 68.5 Å². The first-order chi connectivity index (χ1) is 33.5. The maximum Gasteiger partial charge on any atom is 0.268 e. The van der Waals surface area contributed by atoms with E-state index in [1.165, 1.54) is 257 Å². The predicted molar refractivity (Wildman–Crippen MR) is 298 cm³/mol. The number of amides is 1. The summed E-state index contributed by atoms with van der Waals surface area (Å²) in [6, 6.07) is -0.882. The second kappa shape index (κ2) is 52.1. The van der Waals surface area contributed by atoms with Crippen molar-refractivity contribution >= 4 is 13.7 Å². The van der Waals surface area contributed by atoms with Crippen molar-refractivity contribution < 1.29 is 32.9 Å². The van der Waals surface area contributed by atoms with E-state index in [-0.39, 0.29) is 19.1 Å². The highest BCUT2D eigenvalue weighted by molar-refractivity contribution is 7.45. The van der Waals surface area contributed by atoms with Gasteiger partial charge in [0.25, 0.3) is 7.82 Å². The third kappa shape index (κ3) is 54.8. The highest BCUT2D eigenvalue weighted by Gasteiger charge is 2.23. The van der Waals surface area contributed by atoms with Crippen LogP contribution in [0.1, 0.15) is 316 Å². The standard InChI is InChI=1S/C60H121N2O6P/c1-6-8-10-12-14-16-18-20-22-24-26-28-30-32-34-36-38-40-42-44-46-48-50-52-54-60(64)61-58(57-68-69(65,66)67-56-55-62(3,4)5)59(63)53-51-49-47-45-43-41-39-37-35-33-31-29-27-25-23-21-19-17-15-13-11-9-7-2/h51,53,58-59,63H,6-50,52,54-57H2,1-5H3,(H-,61,64,65,66)/b53-51+. The number of likely N-dealkylation sites (N-methyl/N-ethyl adjacent to an activating group) is 1. The minimum atomic E-state index is -4.59. The minimum Gasteiger partial charge on any atom is -0.756 e. The van der Waals surface area contributed by atoms with Crippen LogP contribution in [0.2, 0.25) is 0 Å². The molecule has 9 heteroatoms. The van der Waals surface area contributed by atoms with Gasteiger partial charge in [0.15, 0.2) is 0 Å². The number of carbonyl (C=O) groups excluding carboxylic acids is 1. The summed E-state index contributed by atoms with van der Waals surface area (Å²) < 4.78 is 23.4. The minimum absolute atomic E-state index is 0.00281. The van der Waals surface area contributed by atoms with Crippen molar-refractivity contribution in [1.82, 2.24) is 5.32 Å². The van der Waals surface area contributed by atoms with E-state index in [2.05, 4.69) is 19.2 Å². The first-order valence-electron chi connectivity index (χ1n) is 30.6. The topological polar surface area (TPSA) is 108 Å². The second-order valence-electron chi connectivity index (χ2n) is 22.4. The third-order valence-electron chi connectivity index (χ3n) is 14.2. The summed E-state index contributed by atoms with van der Waals surface area (Å²) in [6.45, 7) is 4.71. The Bertz CT molecular complexity index is 1130. The van der Waals surface area contributed by atoms with E-state index in [4.69, 9.17) is 9.05 Å². The molecule has 8 nitrogen and oxygen atoms in total. The number of nitrogens with one attached hydrogen (secondary N) is 1. The van der Waals surface area contributed by atoms with Crippen LogP contribution in [0.4, 0.5) is 0 Å². The molecule has 0 aromatic rings. The van der Waals surface area contributed by atoms with E-state index in [0.717, 1.165) is 38.5 Å². The summed E-state index contributed by atoms with van der Waals surface area (Å²) >= 11 is 0. The third-order valence-corrected chi connectivity index (χ3v) is 15.2. The molecule has 1 amide bonds. The maximum absolute atomic E-state index is 13.0. The molecule has 0 saturated heterocycles. The molecular weight excluding hydrogens is 876 g/mol. The molecule has 0 aliphatic carbocycles. The molecule has 69 heavy (non-hydrogen) atoms. The monoisotopic (exact) mass is 997 g/mol. The number of unbranched alkanes of at least 4 members (excludes halogenated alkanes) is 44. The molecule has 0 aliphatic rings. The summed E-state index contributed by atoms with van der Waals surface area (Å²) in [5.74, 6) is -0.189. The average molecular weight is 998 g/mol. The van der Waals surface area contributed by atoms with E-state index >= 15 is 0 Å². The molecule has 0 aromatic carbocycles. The summed E-state index contributed by atoms with van der Waals surface area (Å²) in [6.07, 6.45) is 64.4. The van der Waals surface area contributed by atoms with Crippen molar-refractivity contribution in [2.75, 3.05) is 40.9 Å². The lowest BCUT2D eigenvalue weighted by Crippen LogP contribution is -2.45. The van der Waals surface area contributed by atoms with Crippen LogP contribution in [0.3, 0.4) is 0 Å². The van der Waals surface area contributed by atoms with Gasteiger partial charge >= 0.3 is 0 Å². The van der Waals surface area contributed by atoms with E-state index in [1.54, 1.807) is 6.08 Å². The molecule has 3 unspecified atom stereocenters. The Morgan fingerprint density at radius 2 is 0.783 bits per heavy atom. The molecule has 0 aliphatic heterocycles. The van der Waals surface area contributed by atoms with Crippen molar-refractivity contribution in [3.63, 3.8) is 0 Å². The number of phosphoric acid groups is 1. The van der Waals surface area contributed by atoms with E-state index < -0.39 is 20.0 Å². The van der Waals surface area contributed by atoms with Crippen LogP contribution in [0.25, 0.3) is 0 Å². The number of rotatable bonds is 57. The Balaban J connectivity index is 4.14. The molecule has 0 fully saturated rings. The Morgan fingerprint density at radius 3 is 1.09 bits per heavy atom. The van der Waals surface area contributed by atoms with Gasteiger partial charge < -0.3 is 28.8 Å². The van der Waals surface area contributed by atoms with Gasteiger partial charge in [-0.25, -0.2) is 0 Å². The van der Waals surface area contributed by atoms with Gasteiger partial charge in [0.2, 0.25) is 5.91 Å². The molecule has 0 radical (unpaired) electrons. The highest BCUT2D eigenvalue weighted by Crippen LogP contribution is 2.38. The van der Waals surface area contributed by atoms with Crippen LogP contribution in [0.15, 0.2) is 12.2 Å². The molecule has 412 valence electrons. The highest BCUT2D eigenvalue weighted by atomic mass is 31.2. The van der Waals surface area contributed by atoms with Crippen molar-refractivity contribution in [2.45, 2.75) is 328 Å². The number of hydrogen-bond donors (Lipinski definition) is 2. The molecule has 3 atom stereocenters. The van der Waals surface area contributed by atoms with Crippen LogP contribution in [-0.2, 0) is 18.4 Å². The first-order valence-corrected chi connectivity index (χ1v) is 32.0. The summed E-state index contributed by atoms with van der Waals surface area (Å²) in [4.78, 5) is 25.5. The molecule has 0 aromatic heterocycles. The fourth-order valence-electron chi connectivity index (χ4n) is 9.45. The van der Waals surface area contributed by atoms with Gasteiger partial charge in [0.05, 0.1) is 39.9 Å². The molecule has 0 spiro atoms. The van der Waals surface area contributed by atoms with Gasteiger partial charge in [0.1, 0.15) is 13.2 Å². The number of quaternary nitrogens is 1. The lowest BCUT2D eigenvalue weighted by molar-refractivity contribution is -0.870. The van der Waals surface area contributed by atoms with Crippen molar-refractivity contribution in [3.8, 4) is 0 Å². The maximum atomic E-state index is 13.0. The number of aliphatic hydroxyl groups is 1. The zero-order valence-electron chi connectivity index (χ0n) is 47.0. The Kier molecular flexibility index (Phi) is 51.5. The Labute approximate surface area is 431 Å². The number of allylic oxidation sites excluding steroid dienone is 1. The smallest absolute Gasteiger partial charge is 0.268 e. The SMILES string of the molecule is CCCCCCCCCCCCCCCCCCCCCCC/C=C/C(O)C(COP(=O)([O-])OCC[N+](C)(C)C)NC(=O)CCCCCCCCCCCCCCCCCCCCCCCCCC. The summed E-state index contributed by atoms with van der Waals surface area (Å²) in [5.41, 5.74) is 0. The van der Waals surface area contributed by atoms with Gasteiger partial charge in [-0.2, -0.15) is 0 Å². The predicted octanol–water partition coefficient (Wildman–Crippen LogP) is 18.0. The number of nitrogens with zero attached hydrogens (tertiary/aromatic N) is 1. The van der Waals surface area contributed by atoms with Gasteiger partial charge in [-0.3, -0.25) is 9.36 Å². The number of aliphatic hydroxyl groups excluding tert-OH is 1. The van der Waals surface area contributed by atoms with Crippen LogP contribution in [0.5, 0.6) is 0 Å². The lowest BCUT2D eigenvalue weighted by atomic mass is 10.0. The second-order valence-corrected chi connectivity index (χ2v) is 23.8. The van der Waals surface area contributed by atoms with Gasteiger partial charge in [-0.15, -0.1) is 0 Å². The van der Waals surface area contributed by atoms with E-state index in [9.17, 15) is 19.4 Å². The van der Waals surface area contributed by atoms with Gasteiger partial charge in [-0.05, 0) is 19.3 Å². The summed E-state index contributed by atoms with van der Waals surface area (Å²) in [5, 5.41) is 13.9. The van der Waals surface area contributed by atoms with Crippen molar-refractivity contribution in [3.05, 3.63) is 12.2 Å².